The van der Waals surface area contributed by atoms with Gasteiger partial charge in [-0.25, -0.2) is 0 Å². The number of hydrogen-bond acceptors (Lipinski definition) is 2. The number of rotatable bonds is 7. The zero-order valence-corrected chi connectivity index (χ0v) is 11.8. The summed E-state index contributed by atoms with van der Waals surface area (Å²) in [6, 6.07) is 3.54. The number of aromatic nitrogens is 1. The summed E-state index contributed by atoms with van der Waals surface area (Å²) < 4.78 is 39.3. The van der Waals surface area contributed by atoms with Crippen LogP contribution in [0.3, 0.4) is 0 Å². The molecule has 1 N–H and O–H groups in total. The molecule has 1 rings (SSSR count). The SMILES string of the molecule is CCNC(CC)CCCn1c(C(F)(F)F)cccc1=O. The van der Waals surface area contributed by atoms with E-state index in [-0.39, 0.29) is 12.6 Å². The molecule has 0 radical (unpaired) electrons. The van der Waals surface area contributed by atoms with Crippen molar-refractivity contribution in [1.29, 1.82) is 0 Å². The zero-order valence-electron chi connectivity index (χ0n) is 11.8. The summed E-state index contributed by atoms with van der Waals surface area (Å²) in [5, 5.41) is 3.27. The molecule has 0 saturated heterocycles. The zero-order chi connectivity index (χ0) is 15.2. The van der Waals surface area contributed by atoms with Crippen molar-refractivity contribution in [3.05, 3.63) is 34.2 Å². The summed E-state index contributed by atoms with van der Waals surface area (Å²) in [5.41, 5.74) is -1.47. The molecule has 0 aliphatic rings. The molecule has 0 aromatic carbocycles. The topological polar surface area (TPSA) is 34.0 Å². The Balaban J connectivity index is 2.75. The Labute approximate surface area is 116 Å². The first kappa shape index (κ1) is 16.8. The standard InChI is InChI=1S/C14H21F3N2O/c1-3-11(18-4-2)7-6-10-19-12(14(15,16)17)8-5-9-13(19)20/h5,8-9,11,18H,3-4,6-7,10H2,1-2H3. The van der Waals surface area contributed by atoms with Crippen molar-refractivity contribution in [2.45, 2.75) is 51.9 Å². The lowest BCUT2D eigenvalue weighted by atomic mass is 10.1. The maximum atomic E-state index is 12.8. The Morgan fingerprint density at radius 1 is 1.30 bits per heavy atom. The smallest absolute Gasteiger partial charge is 0.314 e. The summed E-state index contributed by atoms with van der Waals surface area (Å²) in [6.45, 7) is 4.95. The fourth-order valence-corrected chi connectivity index (χ4v) is 2.23. The average Bonchev–Trinajstić information content (AvgIpc) is 2.38. The summed E-state index contributed by atoms with van der Waals surface area (Å²) in [5.74, 6) is 0. The molecule has 6 heteroatoms. The fourth-order valence-electron chi connectivity index (χ4n) is 2.23. The van der Waals surface area contributed by atoms with Gasteiger partial charge in [-0.05, 0) is 31.9 Å². The van der Waals surface area contributed by atoms with Crippen LogP contribution in [0, 0.1) is 0 Å². The van der Waals surface area contributed by atoms with Gasteiger partial charge in [0.15, 0.2) is 0 Å². The van der Waals surface area contributed by atoms with Gasteiger partial charge in [-0.1, -0.05) is 19.9 Å². The first-order valence-corrected chi connectivity index (χ1v) is 6.90. The van der Waals surface area contributed by atoms with Gasteiger partial charge in [0.2, 0.25) is 0 Å². The van der Waals surface area contributed by atoms with Crippen LogP contribution in [0.25, 0.3) is 0 Å². The van der Waals surface area contributed by atoms with Gasteiger partial charge in [0, 0.05) is 18.7 Å². The van der Waals surface area contributed by atoms with E-state index >= 15 is 0 Å². The van der Waals surface area contributed by atoms with E-state index in [0.717, 1.165) is 42.2 Å². The molecule has 1 atom stereocenters. The maximum absolute atomic E-state index is 12.8. The van der Waals surface area contributed by atoms with Crippen LogP contribution in [0.1, 0.15) is 38.8 Å². The van der Waals surface area contributed by atoms with Gasteiger partial charge in [0.25, 0.3) is 5.56 Å². The second kappa shape index (κ2) is 7.47. The lowest BCUT2D eigenvalue weighted by Gasteiger charge is -2.18. The van der Waals surface area contributed by atoms with Crippen molar-refractivity contribution in [2.75, 3.05) is 6.54 Å². The number of alkyl halides is 3. The normalized spacial score (nSPS) is 13.4. The van der Waals surface area contributed by atoms with Crippen LogP contribution in [0.4, 0.5) is 13.2 Å². The second-order valence-corrected chi connectivity index (χ2v) is 4.70. The Kier molecular flexibility index (Phi) is 6.26. The maximum Gasteiger partial charge on any atom is 0.431 e. The predicted molar refractivity (Wildman–Crippen MR) is 72.7 cm³/mol. The first-order valence-electron chi connectivity index (χ1n) is 6.90. The first-order chi connectivity index (χ1) is 9.40. The van der Waals surface area contributed by atoms with Crippen LogP contribution in [-0.2, 0) is 12.7 Å². The fraction of sp³-hybridized carbons (Fsp3) is 0.643. The molecule has 0 saturated carbocycles. The summed E-state index contributed by atoms with van der Waals surface area (Å²) in [7, 11) is 0. The van der Waals surface area contributed by atoms with Crippen LogP contribution in [0.15, 0.2) is 23.0 Å². The molecule has 1 unspecified atom stereocenters. The van der Waals surface area contributed by atoms with Crippen LogP contribution in [-0.4, -0.2) is 17.2 Å². The highest BCUT2D eigenvalue weighted by Crippen LogP contribution is 2.28. The Hall–Kier alpha value is -1.30. The van der Waals surface area contributed by atoms with Crippen molar-refractivity contribution in [1.82, 2.24) is 9.88 Å². The molecule has 1 aromatic heterocycles. The Morgan fingerprint density at radius 3 is 2.55 bits per heavy atom. The molecule has 0 aliphatic carbocycles. The summed E-state index contributed by atoms with van der Waals surface area (Å²) in [4.78, 5) is 11.6. The molecule has 0 bridgehead atoms. The number of pyridine rings is 1. The summed E-state index contributed by atoms with van der Waals surface area (Å²) >= 11 is 0. The van der Waals surface area contributed by atoms with E-state index in [1.807, 2.05) is 13.8 Å². The van der Waals surface area contributed by atoms with E-state index < -0.39 is 17.4 Å². The Bertz CT molecular complexity index is 468. The van der Waals surface area contributed by atoms with Crippen LogP contribution < -0.4 is 10.9 Å². The average molecular weight is 290 g/mol. The molecule has 114 valence electrons. The molecular formula is C14H21F3N2O. The van der Waals surface area contributed by atoms with Gasteiger partial charge >= 0.3 is 6.18 Å². The molecule has 0 fully saturated rings. The van der Waals surface area contributed by atoms with Crippen molar-refractivity contribution < 1.29 is 13.2 Å². The third-order valence-electron chi connectivity index (χ3n) is 3.26. The van der Waals surface area contributed by atoms with Gasteiger partial charge in [0.05, 0.1) is 0 Å². The van der Waals surface area contributed by atoms with Gasteiger partial charge in [-0.15, -0.1) is 0 Å². The van der Waals surface area contributed by atoms with E-state index in [1.54, 1.807) is 0 Å². The molecule has 0 spiro atoms. The van der Waals surface area contributed by atoms with E-state index in [4.69, 9.17) is 0 Å². The molecule has 1 aromatic rings. The van der Waals surface area contributed by atoms with Crippen LogP contribution in [0.5, 0.6) is 0 Å². The lowest BCUT2D eigenvalue weighted by Crippen LogP contribution is -2.30. The second-order valence-electron chi connectivity index (χ2n) is 4.70. The molecule has 0 aliphatic heterocycles. The molecule has 0 amide bonds. The minimum atomic E-state index is -4.49. The highest BCUT2D eigenvalue weighted by atomic mass is 19.4. The van der Waals surface area contributed by atoms with Crippen molar-refractivity contribution in [2.24, 2.45) is 0 Å². The molecule has 20 heavy (non-hydrogen) atoms. The summed E-state index contributed by atoms with van der Waals surface area (Å²) in [6.07, 6.45) is -2.28. The minimum absolute atomic E-state index is 0.0937. The van der Waals surface area contributed by atoms with E-state index in [2.05, 4.69) is 5.32 Å². The Morgan fingerprint density at radius 2 is 2.00 bits per heavy atom. The molecule has 3 nitrogen and oxygen atoms in total. The van der Waals surface area contributed by atoms with Crippen LogP contribution in [0.2, 0.25) is 0 Å². The van der Waals surface area contributed by atoms with Crippen molar-refractivity contribution >= 4 is 0 Å². The largest absolute Gasteiger partial charge is 0.431 e. The van der Waals surface area contributed by atoms with Crippen LogP contribution >= 0.6 is 0 Å². The number of halogens is 3. The molecule has 1 heterocycles. The predicted octanol–water partition coefficient (Wildman–Crippen LogP) is 3.04. The van der Waals surface area contributed by atoms with Gasteiger partial charge in [-0.3, -0.25) is 4.79 Å². The highest BCUT2D eigenvalue weighted by molar-refractivity contribution is 5.10. The highest BCUT2D eigenvalue weighted by Gasteiger charge is 2.33. The van der Waals surface area contributed by atoms with E-state index in [1.165, 1.54) is 0 Å². The minimum Gasteiger partial charge on any atom is -0.314 e. The number of nitrogens with one attached hydrogen (secondary N) is 1. The third-order valence-corrected chi connectivity index (χ3v) is 3.26. The van der Waals surface area contributed by atoms with E-state index in [0.29, 0.717) is 6.42 Å². The quantitative estimate of drug-likeness (QED) is 0.837. The van der Waals surface area contributed by atoms with E-state index in [9.17, 15) is 18.0 Å². The monoisotopic (exact) mass is 290 g/mol. The van der Waals surface area contributed by atoms with Gasteiger partial charge in [0.1, 0.15) is 5.69 Å². The van der Waals surface area contributed by atoms with Gasteiger partial charge in [-0.2, -0.15) is 13.2 Å². The van der Waals surface area contributed by atoms with Crippen molar-refractivity contribution in [3.8, 4) is 0 Å². The number of nitrogens with zero attached hydrogens (tertiary/aromatic N) is 1. The molecular weight excluding hydrogens is 269 g/mol. The van der Waals surface area contributed by atoms with Crippen molar-refractivity contribution in [3.63, 3.8) is 0 Å². The number of hydrogen-bond donors (Lipinski definition) is 1. The van der Waals surface area contributed by atoms with Gasteiger partial charge < -0.3 is 9.88 Å². The third kappa shape index (κ3) is 4.67. The lowest BCUT2D eigenvalue weighted by molar-refractivity contribution is -0.144.